The van der Waals surface area contributed by atoms with Crippen LogP contribution in [0.15, 0.2) is 42.5 Å². The van der Waals surface area contributed by atoms with Gasteiger partial charge in [0.15, 0.2) is 0 Å². The number of halogens is 2. The van der Waals surface area contributed by atoms with Crippen molar-refractivity contribution in [2.75, 3.05) is 36.9 Å². The van der Waals surface area contributed by atoms with Gasteiger partial charge in [0, 0.05) is 48.9 Å². The highest BCUT2D eigenvalue weighted by Crippen LogP contribution is 2.25. The van der Waals surface area contributed by atoms with Gasteiger partial charge < -0.3 is 25.2 Å². The molecular weight excluding hydrogens is 475 g/mol. The third-order valence-corrected chi connectivity index (χ3v) is 6.44. The molecular formula is C25H28ClFN4O4. The molecule has 0 spiro atoms. The van der Waals surface area contributed by atoms with Crippen molar-refractivity contribution in [2.24, 2.45) is 0 Å². The van der Waals surface area contributed by atoms with E-state index >= 15 is 0 Å². The lowest BCUT2D eigenvalue weighted by Gasteiger charge is -2.24. The van der Waals surface area contributed by atoms with E-state index in [9.17, 15) is 18.8 Å². The Bertz CT molecular complexity index is 1090. The molecule has 2 saturated heterocycles. The van der Waals surface area contributed by atoms with E-state index in [-0.39, 0.29) is 36.2 Å². The Kier molecular flexibility index (Phi) is 7.87. The normalized spacial score (nSPS) is 19.6. The zero-order valence-electron chi connectivity index (χ0n) is 19.4. The van der Waals surface area contributed by atoms with Gasteiger partial charge in [0.05, 0.1) is 11.8 Å². The van der Waals surface area contributed by atoms with Crippen molar-refractivity contribution in [1.82, 2.24) is 9.80 Å². The fraction of sp³-hybridized carbons (Fsp3) is 0.400. The number of carbonyl (C=O) groups is 3. The number of ether oxygens (including phenoxy) is 1. The van der Waals surface area contributed by atoms with Crippen LogP contribution in [0.5, 0.6) is 0 Å². The lowest BCUT2D eigenvalue weighted by molar-refractivity contribution is -0.119. The third-order valence-electron chi connectivity index (χ3n) is 6.19. The van der Waals surface area contributed by atoms with Crippen LogP contribution >= 0.6 is 11.6 Å². The molecule has 2 atom stereocenters. The number of likely N-dealkylation sites (tertiary alicyclic amines) is 2. The predicted molar refractivity (Wildman–Crippen MR) is 131 cm³/mol. The summed E-state index contributed by atoms with van der Waals surface area (Å²) >= 11 is 5.90. The molecule has 0 aliphatic carbocycles. The number of nitrogens with zero attached hydrogens (tertiary/aromatic N) is 2. The molecule has 2 aliphatic rings. The molecule has 0 radical (unpaired) electrons. The van der Waals surface area contributed by atoms with Crippen LogP contribution in [0, 0.1) is 5.82 Å². The number of carbonyl (C=O) groups excluding carboxylic acids is 3. The number of rotatable bonds is 6. The second-order valence-electron chi connectivity index (χ2n) is 8.60. The molecule has 2 fully saturated rings. The summed E-state index contributed by atoms with van der Waals surface area (Å²) in [6.45, 7) is 3.82. The van der Waals surface area contributed by atoms with Gasteiger partial charge in [-0.25, -0.2) is 9.18 Å². The van der Waals surface area contributed by atoms with Crippen LogP contribution in [-0.4, -0.2) is 66.0 Å². The third kappa shape index (κ3) is 5.91. The molecule has 2 N–H and O–H groups in total. The first-order valence-corrected chi connectivity index (χ1v) is 12.1. The van der Waals surface area contributed by atoms with Crippen molar-refractivity contribution in [2.45, 2.75) is 38.3 Å². The minimum atomic E-state index is -0.857. The summed E-state index contributed by atoms with van der Waals surface area (Å²) in [5, 5.41) is 5.87. The van der Waals surface area contributed by atoms with Crippen LogP contribution in [0.2, 0.25) is 5.02 Å². The summed E-state index contributed by atoms with van der Waals surface area (Å²) in [4.78, 5) is 41.7. The van der Waals surface area contributed by atoms with E-state index in [1.165, 1.54) is 17.0 Å². The minimum absolute atomic E-state index is 0.0501. The molecule has 4 rings (SSSR count). The number of benzene rings is 2. The largest absolute Gasteiger partial charge is 0.377 e. The topological polar surface area (TPSA) is 91.0 Å². The van der Waals surface area contributed by atoms with Crippen LogP contribution < -0.4 is 10.6 Å². The highest BCUT2D eigenvalue weighted by atomic mass is 35.5. The Balaban J connectivity index is 1.46. The molecule has 2 aromatic rings. The fourth-order valence-corrected chi connectivity index (χ4v) is 4.55. The van der Waals surface area contributed by atoms with Gasteiger partial charge in [-0.2, -0.15) is 0 Å². The van der Waals surface area contributed by atoms with Gasteiger partial charge >= 0.3 is 6.03 Å². The lowest BCUT2D eigenvalue weighted by atomic mass is 10.1. The Labute approximate surface area is 208 Å². The molecule has 4 amide bonds. The molecule has 0 aromatic heterocycles. The van der Waals surface area contributed by atoms with Crippen LogP contribution in [0.4, 0.5) is 20.6 Å². The first-order chi connectivity index (χ1) is 16.9. The van der Waals surface area contributed by atoms with Crippen LogP contribution in [0.1, 0.15) is 36.5 Å². The van der Waals surface area contributed by atoms with Gasteiger partial charge in [0.25, 0.3) is 5.91 Å². The van der Waals surface area contributed by atoms with Crippen LogP contribution in [0.25, 0.3) is 0 Å². The zero-order chi connectivity index (χ0) is 24.9. The van der Waals surface area contributed by atoms with Crippen molar-refractivity contribution < 1.29 is 23.5 Å². The molecule has 2 unspecified atom stereocenters. The van der Waals surface area contributed by atoms with Gasteiger partial charge in [-0.05, 0) is 62.2 Å². The van der Waals surface area contributed by atoms with Gasteiger partial charge in [-0.3, -0.25) is 9.59 Å². The predicted octanol–water partition coefficient (Wildman–Crippen LogP) is 4.37. The Morgan fingerprint density at radius 3 is 2.46 bits per heavy atom. The summed E-state index contributed by atoms with van der Waals surface area (Å²) in [6, 6.07) is 9.30. The molecule has 2 aliphatic heterocycles. The van der Waals surface area contributed by atoms with Crippen molar-refractivity contribution >= 4 is 40.8 Å². The Morgan fingerprint density at radius 2 is 1.80 bits per heavy atom. The van der Waals surface area contributed by atoms with Crippen molar-refractivity contribution in [3.05, 3.63) is 58.9 Å². The molecule has 35 heavy (non-hydrogen) atoms. The number of hydrogen-bond donors (Lipinski definition) is 2. The molecule has 10 heteroatoms. The number of urea groups is 1. The van der Waals surface area contributed by atoms with Gasteiger partial charge in [-0.15, -0.1) is 0 Å². The maximum absolute atomic E-state index is 14.8. The van der Waals surface area contributed by atoms with E-state index in [0.29, 0.717) is 30.4 Å². The lowest BCUT2D eigenvalue weighted by Crippen LogP contribution is -2.45. The van der Waals surface area contributed by atoms with E-state index in [2.05, 4.69) is 10.6 Å². The van der Waals surface area contributed by atoms with Gasteiger partial charge in [0.2, 0.25) is 5.91 Å². The summed E-state index contributed by atoms with van der Waals surface area (Å²) in [5.41, 5.74) is 0.720. The molecule has 186 valence electrons. The number of hydrogen-bond acceptors (Lipinski definition) is 4. The summed E-state index contributed by atoms with van der Waals surface area (Å²) < 4.78 is 20.5. The first kappa shape index (κ1) is 24.9. The van der Waals surface area contributed by atoms with E-state index < -0.39 is 23.8 Å². The van der Waals surface area contributed by atoms with Crippen LogP contribution in [-0.2, 0) is 9.53 Å². The number of nitrogens with one attached hydrogen (secondary N) is 2. The SMILES string of the molecule is CCOC1CC(C(=O)Nc2ccc(C(=O)N3CCCC3)cc2F)N(C(=O)Nc2ccc(Cl)cc2)C1. The van der Waals surface area contributed by atoms with E-state index in [1.54, 1.807) is 29.2 Å². The summed E-state index contributed by atoms with van der Waals surface area (Å²) in [5.74, 6) is -1.46. The fourth-order valence-electron chi connectivity index (χ4n) is 4.42. The second kappa shape index (κ2) is 11.0. The van der Waals surface area contributed by atoms with Crippen molar-refractivity contribution in [3.8, 4) is 0 Å². The standard InChI is InChI=1S/C25H28ClFN4O4/c1-2-35-19-14-22(31(15-19)25(34)28-18-8-6-17(26)7-9-18)23(32)29-21-10-5-16(13-20(21)27)24(33)30-11-3-4-12-30/h5-10,13,19,22H,2-4,11-12,14-15H2,1H3,(H,28,34)(H,29,32). The maximum Gasteiger partial charge on any atom is 0.322 e. The molecule has 8 nitrogen and oxygen atoms in total. The Hall–Kier alpha value is -3.17. The molecule has 2 aromatic carbocycles. The van der Waals surface area contributed by atoms with Crippen molar-refractivity contribution in [3.63, 3.8) is 0 Å². The maximum atomic E-state index is 14.8. The summed E-state index contributed by atoms with van der Waals surface area (Å²) in [6.07, 6.45) is 1.83. The highest BCUT2D eigenvalue weighted by Gasteiger charge is 2.40. The molecule has 0 bridgehead atoms. The molecule has 2 heterocycles. The summed E-state index contributed by atoms with van der Waals surface area (Å²) in [7, 11) is 0. The first-order valence-electron chi connectivity index (χ1n) is 11.7. The average molecular weight is 503 g/mol. The second-order valence-corrected chi connectivity index (χ2v) is 9.04. The zero-order valence-corrected chi connectivity index (χ0v) is 20.2. The highest BCUT2D eigenvalue weighted by molar-refractivity contribution is 6.30. The van der Waals surface area contributed by atoms with Gasteiger partial charge in [-0.1, -0.05) is 11.6 Å². The number of anilines is 2. The van der Waals surface area contributed by atoms with E-state index in [0.717, 1.165) is 18.9 Å². The average Bonchev–Trinajstić information content (AvgIpc) is 3.52. The minimum Gasteiger partial charge on any atom is -0.377 e. The van der Waals surface area contributed by atoms with E-state index in [1.807, 2.05) is 6.92 Å². The molecule has 0 saturated carbocycles. The monoisotopic (exact) mass is 502 g/mol. The van der Waals surface area contributed by atoms with Gasteiger partial charge in [0.1, 0.15) is 11.9 Å². The Morgan fingerprint density at radius 1 is 1.09 bits per heavy atom. The number of amides is 4. The van der Waals surface area contributed by atoms with Crippen LogP contribution in [0.3, 0.4) is 0 Å². The quantitative estimate of drug-likeness (QED) is 0.614. The smallest absolute Gasteiger partial charge is 0.322 e. The van der Waals surface area contributed by atoms with E-state index in [4.69, 9.17) is 16.3 Å². The van der Waals surface area contributed by atoms with Crippen molar-refractivity contribution in [1.29, 1.82) is 0 Å².